The molecule has 128 valence electrons. The monoisotopic (exact) mass is 451 g/mol. The Labute approximate surface area is 167 Å². The molecule has 3 rings (SSSR count). The van der Waals surface area contributed by atoms with Crippen molar-refractivity contribution in [2.24, 2.45) is 0 Å². The topological polar surface area (TPSA) is 46.9 Å². The predicted octanol–water partition coefficient (Wildman–Crippen LogP) is 5.47. The zero-order valence-corrected chi connectivity index (χ0v) is 17.3. The number of nitrogens with one attached hydrogen (secondary N) is 1. The van der Waals surface area contributed by atoms with Crippen LogP contribution in [0.5, 0.6) is 0 Å². The highest BCUT2D eigenvalue weighted by Crippen LogP contribution is 2.25. The molecule has 1 amide bonds. The van der Waals surface area contributed by atoms with Crippen LogP contribution in [0.3, 0.4) is 0 Å². The molecular weight excluding hydrogens is 438 g/mol. The number of hydrogen-bond acceptors (Lipinski definition) is 5. The van der Waals surface area contributed by atoms with Crippen LogP contribution in [0.15, 0.2) is 57.3 Å². The first kappa shape index (κ1) is 18.3. The number of anilines is 1. The maximum atomic E-state index is 12.1. The minimum absolute atomic E-state index is 0.0703. The van der Waals surface area contributed by atoms with Crippen molar-refractivity contribution in [2.45, 2.75) is 11.3 Å². The molecule has 2 aromatic carbocycles. The second-order valence-corrected chi connectivity index (χ2v) is 8.88. The predicted molar refractivity (Wildman–Crippen MR) is 111 cm³/mol. The molecule has 1 N–H and O–H groups in total. The third-order valence-electron chi connectivity index (χ3n) is 3.30. The Hall–Kier alpha value is -1.48. The van der Waals surface area contributed by atoms with E-state index in [0.29, 0.717) is 3.95 Å². The second-order valence-electron chi connectivity index (χ2n) is 5.18. The van der Waals surface area contributed by atoms with E-state index in [0.717, 1.165) is 25.8 Å². The van der Waals surface area contributed by atoms with Crippen molar-refractivity contribution in [3.05, 3.63) is 62.5 Å². The number of rotatable bonds is 5. The summed E-state index contributed by atoms with van der Waals surface area (Å²) in [6, 6.07) is 15.5. The van der Waals surface area contributed by atoms with Crippen molar-refractivity contribution in [1.29, 1.82) is 0 Å². The molecule has 4 nitrogen and oxygen atoms in total. The minimum atomic E-state index is -0.0703. The normalized spacial score (nSPS) is 10.6. The van der Waals surface area contributed by atoms with Crippen LogP contribution < -0.4 is 5.32 Å². The number of carbonyl (C=O) groups excluding carboxylic acids is 1. The first-order valence-corrected chi connectivity index (χ1v) is 10.4. The van der Waals surface area contributed by atoms with E-state index in [-0.39, 0.29) is 11.7 Å². The van der Waals surface area contributed by atoms with Gasteiger partial charge in [-0.25, -0.2) is 4.68 Å². The van der Waals surface area contributed by atoms with Crippen LogP contribution in [-0.2, 0) is 4.79 Å². The van der Waals surface area contributed by atoms with Gasteiger partial charge < -0.3 is 5.32 Å². The van der Waals surface area contributed by atoms with Crippen LogP contribution in [0.4, 0.5) is 5.69 Å². The number of benzene rings is 2. The van der Waals surface area contributed by atoms with Crippen LogP contribution in [0.25, 0.3) is 5.69 Å². The summed E-state index contributed by atoms with van der Waals surface area (Å²) in [6.45, 7) is 1.98. The maximum Gasteiger partial charge on any atom is 0.234 e. The number of thioether (sulfide) groups is 1. The average Bonchev–Trinajstić information content (AvgIpc) is 2.98. The van der Waals surface area contributed by atoms with E-state index >= 15 is 0 Å². The quantitative estimate of drug-likeness (QED) is 0.412. The zero-order valence-electron chi connectivity index (χ0n) is 13.2. The summed E-state index contributed by atoms with van der Waals surface area (Å²) in [5, 5.41) is 7.39. The molecule has 25 heavy (non-hydrogen) atoms. The molecule has 0 aliphatic rings. The molecule has 0 spiro atoms. The van der Waals surface area contributed by atoms with E-state index in [1.54, 1.807) is 4.68 Å². The van der Waals surface area contributed by atoms with Gasteiger partial charge in [0.15, 0.2) is 8.29 Å². The SMILES string of the molecule is Cc1cc(NC(=O)CSc2nn(-c3ccccc3)c(=S)s2)ccc1Br. The largest absolute Gasteiger partial charge is 0.325 e. The number of aromatic nitrogens is 2. The highest BCUT2D eigenvalue weighted by Gasteiger charge is 2.10. The van der Waals surface area contributed by atoms with Crippen LogP contribution in [-0.4, -0.2) is 21.4 Å². The molecular formula is C17H14BrN3OS3. The minimum Gasteiger partial charge on any atom is -0.325 e. The van der Waals surface area contributed by atoms with Crippen LogP contribution in [0, 0.1) is 10.9 Å². The highest BCUT2D eigenvalue weighted by atomic mass is 79.9. The summed E-state index contributed by atoms with van der Waals surface area (Å²) in [5.74, 6) is 0.214. The number of carbonyl (C=O) groups is 1. The van der Waals surface area contributed by atoms with Crippen LogP contribution in [0.1, 0.15) is 5.56 Å². The average molecular weight is 452 g/mol. The van der Waals surface area contributed by atoms with E-state index in [1.165, 1.54) is 23.1 Å². The van der Waals surface area contributed by atoms with Crippen molar-refractivity contribution in [2.75, 3.05) is 11.1 Å². The van der Waals surface area contributed by atoms with Crippen molar-refractivity contribution in [1.82, 2.24) is 9.78 Å². The Morgan fingerprint density at radius 1 is 1.32 bits per heavy atom. The number of halogens is 1. The molecule has 8 heteroatoms. The highest BCUT2D eigenvalue weighted by molar-refractivity contribution is 9.10. The lowest BCUT2D eigenvalue weighted by molar-refractivity contribution is -0.113. The molecule has 0 aliphatic carbocycles. The Balaban J connectivity index is 1.63. The molecule has 0 saturated heterocycles. The fraction of sp³-hybridized carbons (Fsp3) is 0.118. The molecule has 0 fully saturated rings. The number of aryl methyl sites for hydroxylation is 1. The van der Waals surface area contributed by atoms with Gasteiger partial charge in [-0.1, -0.05) is 57.2 Å². The summed E-state index contributed by atoms with van der Waals surface area (Å²) in [4.78, 5) is 12.1. The van der Waals surface area contributed by atoms with Crippen molar-refractivity contribution in [3.8, 4) is 5.69 Å². The van der Waals surface area contributed by atoms with Gasteiger partial charge in [0.05, 0.1) is 11.4 Å². The first-order valence-electron chi connectivity index (χ1n) is 7.37. The molecule has 3 aromatic rings. The lowest BCUT2D eigenvalue weighted by Crippen LogP contribution is -2.14. The molecule has 0 aliphatic heterocycles. The Bertz CT molecular complexity index is 953. The number of amides is 1. The summed E-state index contributed by atoms with van der Waals surface area (Å²) in [5.41, 5.74) is 2.78. The Morgan fingerprint density at radius 2 is 2.08 bits per heavy atom. The van der Waals surface area contributed by atoms with Gasteiger partial charge in [0.2, 0.25) is 5.91 Å². The van der Waals surface area contributed by atoms with Gasteiger partial charge in [0.1, 0.15) is 0 Å². The zero-order chi connectivity index (χ0) is 17.8. The lowest BCUT2D eigenvalue weighted by atomic mass is 10.2. The van der Waals surface area contributed by atoms with Gasteiger partial charge in [0, 0.05) is 10.2 Å². The van der Waals surface area contributed by atoms with Gasteiger partial charge in [-0.3, -0.25) is 4.79 Å². The van der Waals surface area contributed by atoms with Crippen LogP contribution >= 0.6 is 51.2 Å². The summed E-state index contributed by atoms with van der Waals surface area (Å²) in [7, 11) is 0. The lowest BCUT2D eigenvalue weighted by Gasteiger charge is -2.06. The van der Waals surface area contributed by atoms with Crippen molar-refractivity contribution < 1.29 is 4.79 Å². The van der Waals surface area contributed by atoms with Gasteiger partial charge in [-0.2, -0.15) is 0 Å². The Morgan fingerprint density at radius 3 is 2.80 bits per heavy atom. The molecule has 0 unspecified atom stereocenters. The molecule has 1 heterocycles. The number of nitrogens with zero attached hydrogens (tertiary/aromatic N) is 2. The number of para-hydroxylation sites is 1. The van der Waals surface area contributed by atoms with Gasteiger partial charge in [0.25, 0.3) is 0 Å². The third-order valence-corrected chi connectivity index (χ3v) is 6.55. The van der Waals surface area contributed by atoms with Crippen LogP contribution in [0.2, 0.25) is 0 Å². The second kappa shape index (κ2) is 8.27. The molecule has 0 bridgehead atoms. The van der Waals surface area contributed by atoms with Crippen molar-refractivity contribution in [3.63, 3.8) is 0 Å². The van der Waals surface area contributed by atoms with E-state index < -0.39 is 0 Å². The van der Waals surface area contributed by atoms with Gasteiger partial charge in [-0.15, -0.1) is 5.10 Å². The smallest absolute Gasteiger partial charge is 0.234 e. The molecule has 0 radical (unpaired) electrons. The van der Waals surface area contributed by atoms with E-state index in [9.17, 15) is 4.79 Å². The summed E-state index contributed by atoms with van der Waals surface area (Å²) in [6.07, 6.45) is 0. The van der Waals surface area contributed by atoms with Crippen molar-refractivity contribution >= 4 is 62.8 Å². The molecule has 0 atom stereocenters. The fourth-order valence-corrected chi connectivity index (χ4v) is 4.51. The molecule has 1 aromatic heterocycles. The van der Waals surface area contributed by atoms with E-state index in [4.69, 9.17) is 12.2 Å². The van der Waals surface area contributed by atoms with Gasteiger partial charge in [-0.05, 0) is 55.0 Å². The van der Waals surface area contributed by atoms with Gasteiger partial charge >= 0.3 is 0 Å². The standard InChI is InChI=1S/C17H14BrN3OS3/c1-11-9-12(7-8-14(11)18)19-15(22)10-24-16-20-21(17(23)25-16)13-5-3-2-4-6-13/h2-9H,10H2,1H3,(H,19,22). The number of hydrogen-bond donors (Lipinski definition) is 1. The maximum absolute atomic E-state index is 12.1. The van der Waals surface area contributed by atoms with E-state index in [2.05, 4.69) is 26.3 Å². The third kappa shape index (κ3) is 4.78. The molecule has 0 saturated carbocycles. The fourth-order valence-electron chi connectivity index (χ4n) is 2.10. The summed E-state index contributed by atoms with van der Waals surface area (Å²) < 4.78 is 4.18. The Kier molecular flexibility index (Phi) is 6.06. The first-order chi connectivity index (χ1) is 12.0. The summed E-state index contributed by atoms with van der Waals surface area (Å²) >= 11 is 11.6. The van der Waals surface area contributed by atoms with E-state index in [1.807, 2.05) is 55.5 Å².